The summed E-state index contributed by atoms with van der Waals surface area (Å²) in [4.78, 5) is 21.5. The number of hydrogen-bond acceptors (Lipinski definition) is 3. The van der Waals surface area contributed by atoms with Gasteiger partial charge >= 0.3 is 12.0 Å². The van der Waals surface area contributed by atoms with Crippen LogP contribution in [0.1, 0.15) is 20.3 Å². The minimum Gasteiger partial charge on any atom is -0.481 e. The molecule has 0 rings (SSSR count). The molecule has 0 aliphatic rings. The van der Waals surface area contributed by atoms with E-state index in [0.717, 1.165) is 5.57 Å². The summed E-state index contributed by atoms with van der Waals surface area (Å²) in [5.41, 5.74) is -0.653. The van der Waals surface area contributed by atoms with E-state index in [4.69, 9.17) is 5.11 Å². The van der Waals surface area contributed by atoms with Crippen LogP contribution < -0.4 is 10.6 Å². The lowest BCUT2D eigenvalue weighted by atomic mass is 10.0. The van der Waals surface area contributed by atoms with E-state index in [-0.39, 0.29) is 6.54 Å². The Labute approximate surface area is 94.3 Å². The Morgan fingerprint density at radius 1 is 1.38 bits per heavy atom. The Bertz CT molecular complexity index is 287. The van der Waals surface area contributed by atoms with Gasteiger partial charge in [0.15, 0.2) is 0 Å². The Morgan fingerprint density at radius 2 is 1.94 bits per heavy atom. The first-order chi connectivity index (χ1) is 7.23. The van der Waals surface area contributed by atoms with Crippen LogP contribution in [0, 0.1) is 0 Å². The smallest absolute Gasteiger partial charge is 0.315 e. The van der Waals surface area contributed by atoms with Gasteiger partial charge in [-0.05, 0) is 13.8 Å². The van der Waals surface area contributed by atoms with Gasteiger partial charge in [0.1, 0.15) is 0 Å². The third-order valence-corrected chi connectivity index (χ3v) is 1.71. The number of urea groups is 1. The number of nitrogens with one attached hydrogen (secondary N) is 2. The van der Waals surface area contributed by atoms with Crippen molar-refractivity contribution in [2.75, 3.05) is 13.1 Å². The van der Waals surface area contributed by atoms with Crippen LogP contribution in [0.25, 0.3) is 0 Å². The maximum atomic E-state index is 11.2. The van der Waals surface area contributed by atoms with Crippen molar-refractivity contribution < 1.29 is 19.8 Å². The number of rotatable bonds is 6. The normalized spacial score (nSPS) is 13.7. The van der Waals surface area contributed by atoms with E-state index >= 15 is 0 Å². The van der Waals surface area contributed by atoms with Crippen LogP contribution in [0.3, 0.4) is 0 Å². The fourth-order valence-corrected chi connectivity index (χ4v) is 0.953. The molecule has 0 radical (unpaired) electrons. The first kappa shape index (κ1) is 14.4. The van der Waals surface area contributed by atoms with Gasteiger partial charge in [0.25, 0.3) is 0 Å². The fourth-order valence-electron chi connectivity index (χ4n) is 0.953. The Balaban J connectivity index is 3.90. The maximum absolute atomic E-state index is 11.2. The van der Waals surface area contributed by atoms with Crippen LogP contribution in [-0.4, -0.2) is 40.9 Å². The number of aliphatic hydroxyl groups is 1. The number of aliphatic carboxylic acids is 1. The zero-order valence-electron chi connectivity index (χ0n) is 9.54. The molecule has 1 atom stereocenters. The first-order valence-electron chi connectivity index (χ1n) is 4.83. The van der Waals surface area contributed by atoms with Gasteiger partial charge in [-0.15, -0.1) is 0 Å². The number of amides is 2. The monoisotopic (exact) mass is 230 g/mol. The minimum absolute atomic E-state index is 0.124. The number of carbonyl (C=O) groups excluding carboxylic acids is 1. The topological polar surface area (TPSA) is 98.7 Å². The second-order valence-electron chi connectivity index (χ2n) is 4.06. The molecular weight excluding hydrogens is 212 g/mol. The molecule has 0 bridgehead atoms. The van der Waals surface area contributed by atoms with Crippen molar-refractivity contribution in [3.05, 3.63) is 12.2 Å². The molecule has 92 valence electrons. The van der Waals surface area contributed by atoms with E-state index < -0.39 is 24.0 Å². The molecule has 0 fully saturated rings. The van der Waals surface area contributed by atoms with E-state index in [1.165, 1.54) is 6.92 Å². The predicted molar refractivity (Wildman–Crippen MR) is 59.1 cm³/mol. The van der Waals surface area contributed by atoms with Crippen molar-refractivity contribution in [2.24, 2.45) is 0 Å². The SMILES string of the molecule is C=C(C)CNC(=O)NCC(C)(O)CC(=O)O. The van der Waals surface area contributed by atoms with Gasteiger partial charge in [-0.2, -0.15) is 0 Å². The molecule has 0 spiro atoms. The highest BCUT2D eigenvalue weighted by Crippen LogP contribution is 2.06. The summed E-state index contributed by atoms with van der Waals surface area (Å²) in [5, 5.41) is 22.9. The van der Waals surface area contributed by atoms with Crippen molar-refractivity contribution in [1.29, 1.82) is 0 Å². The first-order valence-corrected chi connectivity index (χ1v) is 4.83. The lowest BCUT2D eigenvalue weighted by Crippen LogP contribution is -2.46. The fraction of sp³-hybridized carbons (Fsp3) is 0.600. The van der Waals surface area contributed by atoms with E-state index in [0.29, 0.717) is 6.54 Å². The van der Waals surface area contributed by atoms with Gasteiger partial charge < -0.3 is 20.8 Å². The molecular formula is C10H18N2O4. The second-order valence-corrected chi connectivity index (χ2v) is 4.06. The summed E-state index contributed by atoms with van der Waals surface area (Å²) in [6.07, 6.45) is -0.423. The standard InChI is InChI=1S/C10H18N2O4/c1-7(2)5-11-9(15)12-6-10(3,16)4-8(13)14/h16H,1,4-6H2,2-3H3,(H,13,14)(H2,11,12,15). The average Bonchev–Trinajstić information content (AvgIpc) is 2.09. The Morgan fingerprint density at radius 3 is 2.38 bits per heavy atom. The van der Waals surface area contributed by atoms with Gasteiger partial charge in [-0.25, -0.2) is 4.79 Å². The molecule has 0 aromatic rings. The minimum atomic E-state index is -1.45. The summed E-state index contributed by atoms with van der Waals surface area (Å²) in [6, 6.07) is -0.464. The van der Waals surface area contributed by atoms with Crippen LogP contribution in [0.5, 0.6) is 0 Å². The van der Waals surface area contributed by atoms with Crippen molar-refractivity contribution in [3.8, 4) is 0 Å². The molecule has 0 aromatic heterocycles. The van der Waals surface area contributed by atoms with Gasteiger partial charge in [0.05, 0.1) is 12.0 Å². The average molecular weight is 230 g/mol. The summed E-state index contributed by atoms with van der Waals surface area (Å²) < 4.78 is 0. The Hall–Kier alpha value is -1.56. The molecule has 6 nitrogen and oxygen atoms in total. The molecule has 6 heteroatoms. The van der Waals surface area contributed by atoms with Gasteiger partial charge in [0.2, 0.25) is 0 Å². The number of hydrogen-bond donors (Lipinski definition) is 4. The van der Waals surface area contributed by atoms with E-state index in [1.54, 1.807) is 6.92 Å². The highest BCUT2D eigenvalue weighted by Gasteiger charge is 2.24. The molecule has 16 heavy (non-hydrogen) atoms. The lowest BCUT2D eigenvalue weighted by Gasteiger charge is -2.21. The van der Waals surface area contributed by atoms with E-state index in [2.05, 4.69) is 17.2 Å². The Kier molecular flexibility index (Phi) is 5.52. The van der Waals surface area contributed by atoms with Crippen molar-refractivity contribution in [2.45, 2.75) is 25.9 Å². The zero-order valence-corrected chi connectivity index (χ0v) is 9.54. The van der Waals surface area contributed by atoms with Crippen LogP contribution in [0.15, 0.2) is 12.2 Å². The van der Waals surface area contributed by atoms with Crippen LogP contribution in [0.2, 0.25) is 0 Å². The third-order valence-electron chi connectivity index (χ3n) is 1.71. The largest absolute Gasteiger partial charge is 0.481 e. The number of carboxylic acids is 1. The molecule has 1 unspecified atom stereocenters. The zero-order chi connectivity index (χ0) is 12.8. The molecule has 2 amide bonds. The van der Waals surface area contributed by atoms with Crippen LogP contribution in [-0.2, 0) is 4.79 Å². The van der Waals surface area contributed by atoms with Crippen LogP contribution in [0.4, 0.5) is 4.79 Å². The summed E-state index contributed by atoms with van der Waals surface area (Å²) in [6.45, 7) is 6.93. The highest BCUT2D eigenvalue weighted by atomic mass is 16.4. The predicted octanol–water partition coefficient (Wildman–Crippen LogP) is 0.0874. The quantitative estimate of drug-likeness (QED) is 0.486. The van der Waals surface area contributed by atoms with E-state index in [1.807, 2.05) is 0 Å². The number of carboxylic acid groups (broad SMARTS) is 1. The molecule has 0 aliphatic heterocycles. The summed E-state index contributed by atoms with van der Waals surface area (Å²) in [5.74, 6) is -1.12. The lowest BCUT2D eigenvalue weighted by molar-refractivity contribution is -0.141. The molecule has 0 aliphatic carbocycles. The molecule has 0 saturated heterocycles. The van der Waals surface area contributed by atoms with Crippen molar-refractivity contribution >= 4 is 12.0 Å². The van der Waals surface area contributed by atoms with Crippen molar-refractivity contribution in [1.82, 2.24) is 10.6 Å². The molecule has 4 N–H and O–H groups in total. The second kappa shape index (κ2) is 6.12. The molecule has 0 heterocycles. The number of carbonyl (C=O) groups is 2. The van der Waals surface area contributed by atoms with Crippen LogP contribution >= 0.6 is 0 Å². The van der Waals surface area contributed by atoms with Crippen molar-refractivity contribution in [3.63, 3.8) is 0 Å². The van der Waals surface area contributed by atoms with Gasteiger partial charge in [0, 0.05) is 13.1 Å². The highest BCUT2D eigenvalue weighted by molar-refractivity contribution is 5.74. The molecule has 0 saturated carbocycles. The summed E-state index contributed by atoms with van der Waals surface area (Å²) in [7, 11) is 0. The van der Waals surface area contributed by atoms with Gasteiger partial charge in [-0.3, -0.25) is 4.79 Å². The molecule has 0 aromatic carbocycles. The van der Waals surface area contributed by atoms with E-state index in [9.17, 15) is 14.7 Å². The van der Waals surface area contributed by atoms with Gasteiger partial charge in [-0.1, -0.05) is 12.2 Å². The maximum Gasteiger partial charge on any atom is 0.315 e. The third kappa shape index (κ3) is 7.81. The summed E-state index contributed by atoms with van der Waals surface area (Å²) >= 11 is 0.